The van der Waals surface area contributed by atoms with Gasteiger partial charge in [0.25, 0.3) is 0 Å². The average molecular weight is 414 g/mol. The second kappa shape index (κ2) is 10.3. The highest BCUT2D eigenvalue weighted by atomic mass is 35.5. The molecular weight excluding hydrogens is 386 g/mol. The molecule has 0 spiro atoms. The molecule has 3 aromatic rings. The van der Waals surface area contributed by atoms with E-state index in [1.165, 1.54) is 0 Å². The lowest BCUT2D eigenvalue weighted by Gasteiger charge is -2.23. The predicted octanol–water partition coefficient (Wildman–Crippen LogP) is 5.32. The largest absolute Gasteiger partial charge is 0.504 e. The van der Waals surface area contributed by atoms with Crippen LogP contribution in [0.2, 0.25) is 5.02 Å². The van der Waals surface area contributed by atoms with Crippen molar-refractivity contribution in [2.75, 3.05) is 32.1 Å². The standard InChI is InChI=1S/C23H28ClN3O2/c1-3-13-27(16-17-6-4-7-22(29-2)23(17)28)14-5-11-25-20-10-12-26-21-15-18(24)8-9-19(20)21/h4,6-10,12,15,28H,3,5,11,13-14,16H2,1-2H3,(H,25,26). The number of benzene rings is 2. The Bertz CT molecular complexity index is 949. The van der Waals surface area contributed by atoms with E-state index >= 15 is 0 Å². The minimum atomic E-state index is 0.233. The number of halogens is 1. The third kappa shape index (κ3) is 5.52. The van der Waals surface area contributed by atoms with E-state index in [-0.39, 0.29) is 5.75 Å². The molecule has 0 saturated carbocycles. The van der Waals surface area contributed by atoms with Crippen molar-refractivity contribution in [3.05, 3.63) is 59.2 Å². The molecule has 0 radical (unpaired) electrons. The van der Waals surface area contributed by atoms with Crippen LogP contribution < -0.4 is 10.1 Å². The van der Waals surface area contributed by atoms with Gasteiger partial charge in [0.2, 0.25) is 0 Å². The Kier molecular flexibility index (Phi) is 7.55. The van der Waals surface area contributed by atoms with Gasteiger partial charge in [0, 0.05) is 47.5 Å². The zero-order chi connectivity index (χ0) is 20.6. The first kappa shape index (κ1) is 21.2. The Morgan fingerprint density at radius 2 is 2.03 bits per heavy atom. The summed E-state index contributed by atoms with van der Waals surface area (Å²) in [6.45, 7) is 5.64. The first-order chi connectivity index (χ1) is 14.1. The van der Waals surface area contributed by atoms with Gasteiger partial charge in [0.1, 0.15) is 0 Å². The molecule has 0 atom stereocenters. The zero-order valence-corrected chi connectivity index (χ0v) is 17.7. The van der Waals surface area contributed by atoms with Gasteiger partial charge in [-0.25, -0.2) is 0 Å². The van der Waals surface area contributed by atoms with Crippen LogP contribution in [0, 0.1) is 0 Å². The molecule has 6 heteroatoms. The van der Waals surface area contributed by atoms with Crippen LogP contribution in [-0.2, 0) is 6.54 Å². The number of hydrogen-bond donors (Lipinski definition) is 2. The van der Waals surface area contributed by atoms with Crippen LogP contribution in [0.25, 0.3) is 10.9 Å². The number of ether oxygens (including phenoxy) is 1. The summed E-state index contributed by atoms with van der Waals surface area (Å²) in [4.78, 5) is 6.75. The zero-order valence-electron chi connectivity index (χ0n) is 17.0. The minimum Gasteiger partial charge on any atom is -0.504 e. The topological polar surface area (TPSA) is 57.6 Å². The molecule has 2 N–H and O–H groups in total. The van der Waals surface area contributed by atoms with E-state index in [4.69, 9.17) is 16.3 Å². The molecule has 0 aliphatic carbocycles. The van der Waals surface area contributed by atoms with Gasteiger partial charge in [-0.3, -0.25) is 9.88 Å². The Hall–Kier alpha value is -2.50. The molecule has 154 valence electrons. The van der Waals surface area contributed by atoms with E-state index < -0.39 is 0 Å². The predicted molar refractivity (Wildman–Crippen MR) is 120 cm³/mol. The molecule has 0 unspecified atom stereocenters. The summed E-state index contributed by atoms with van der Waals surface area (Å²) in [5, 5.41) is 15.7. The Labute approximate surface area is 177 Å². The van der Waals surface area contributed by atoms with Gasteiger partial charge in [0.05, 0.1) is 12.6 Å². The third-order valence-corrected chi connectivity index (χ3v) is 5.14. The molecular formula is C23H28ClN3O2. The van der Waals surface area contributed by atoms with E-state index in [0.717, 1.165) is 54.6 Å². The summed E-state index contributed by atoms with van der Waals surface area (Å²) < 4.78 is 5.23. The van der Waals surface area contributed by atoms with Crippen LogP contribution >= 0.6 is 11.6 Å². The van der Waals surface area contributed by atoms with Crippen molar-refractivity contribution in [1.82, 2.24) is 9.88 Å². The third-order valence-electron chi connectivity index (χ3n) is 4.91. The van der Waals surface area contributed by atoms with Crippen molar-refractivity contribution in [2.45, 2.75) is 26.3 Å². The fourth-order valence-electron chi connectivity index (χ4n) is 3.49. The molecule has 1 heterocycles. The van der Waals surface area contributed by atoms with E-state index in [1.54, 1.807) is 19.4 Å². The number of para-hydroxylation sites is 1. The van der Waals surface area contributed by atoms with Crippen molar-refractivity contribution < 1.29 is 9.84 Å². The van der Waals surface area contributed by atoms with Gasteiger partial charge in [-0.1, -0.05) is 30.7 Å². The van der Waals surface area contributed by atoms with E-state index in [2.05, 4.69) is 22.1 Å². The second-order valence-electron chi connectivity index (χ2n) is 7.04. The first-order valence-corrected chi connectivity index (χ1v) is 10.4. The molecule has 2 aromatic carbocycles. The van der Waals surface area contributed by atoms with Crippen LogP contribution in [0.4, 0.5) is 5.69 Å². The highest BCUT2D eigenvalue weighted by Crippen LogP contribution is 2.30. The number of nitrogens with zero attached hydrogens (tertiary/aromatic N) is 2. The van der Waals surface area contributed by atoms with Crippen molar-refractivity contribution in [3.63, 3.8) is 0 Å². The van der Waals surface area contributed by atoms with Crippen molar-refractivity contribution >= 4 is 28.2 Å². The summed E-state index contributed by atoms with van der Waals surface area (Å²) in [7, 11) is 1.57. The van der Waals surface area contributed by atoms with E-state index in [0.29, 0.717) is 17.3 Å². The Morgan fingerprint density at radius 3 is 2.83 bits per heavy atom. The van der Waals surface area contributed by atoms with Crippen molar-refractivity contribution in [1.29, 1.82) is 0 Å². The first-order valence-electron chi connectivity index (χ1n) is 9.97. The van der Waals surface area contributed by atoms with Gasteiger partial charge in [-0.2, -0.15) is 0 Å². The summed E-state index contributed by atoms with van der Waals surface area (Å²) in [5.74, 6) is 0.751. The number of hydrogen-bond acceptors (Lipinski definition) is 5. The number of aromatic nitrogens is 1. The Balaban J connectivity index is 1.58. The molecule has 0 bridgehead atoms. The number of anilines is 1. The average Bonchev–Trinajstić information content (AvgIpc) is 2.72. The van der Waals surface area contributed by atoms with Crippen LogP contribution in [-0.4, -0.2) is 41.7 Å². The summed E-state index contributed by atoms with van der Waals surface area (Å²) in [6, 6.07) is 13.4. The molecule has 5 nitrogen and oxygen atoms in total. The smallest absolute Gasteiger partial charge is 0.162 e. The maximum atomic E-state index is 10.4. The molecule has 0 aliphatic rings. The monoisotopic (exact) mass is 413 g/mol. The Morgan fingerprint density at radius 1 is 1.17 bits per heavy atom. The van der Waals surface area contributed by atoms with Crippen LogP contribution in [0.5, 0.6) is 11.5 Å². The molecule has 0 fully saturated rings. The summed E-state index contributed by atoms with van der Waals surface area (Å²) >= 11 is 6.07. The molecule has 1 aromatic heterocycles. The van der Waals surface area contributed by atoms with Crippen LogP contribution in [0.1, 0.15) is 25.3 Å². The number of pyridine rings is 1. The van der Waals surface area contributed by atoms with Crippen LogP contribution in [0.3, 0.4) is 0 Å². The number of methoxy groups -OCH3 is 1. The normalized spacial score (nSPS) is 11.2. The van der Waals surface area contributed by atoms with Crippen molar-refractivity contribution in [3.8, 4) is 11.5 Å². The molecule has 0 saturated heterocycles. The second-order valence-corrected chi connectivity index (χ2v) is 7.48. The lowest BCUT2D eigenvalue weighted by molar-refractivity contribution is 0.260. The maximum Gasteiger partial charge on any atom is 0.162 e. The van der Waals surface area contributed by atoms with Gasteiger partial charge in [-0.15, -0.1) is 0 Å². The highest BCUT2D eigenvalue weighted by molar-refractivity contribution is 6.31. The number of nitrogens with one attached hydrogen (secondary N) is 1. The van der Waals surface area contributed by atoms with Crippen molar-refractivity contribution in [2.24, 2.45) is 0 Å². The molecule has 3 rings (SSSR count). The van der Waals surface area contributed by atoms with Gasteiger partial charge in [-0.05, 0) is 49.7 Å². The van der Waals surface area contributed by atoms with E-state index in [1.807, 2.05) is 36.4 Å². The quantitative estimate of drug-likeness (QED) is 0.441. The highest BCUT2D eigenvalue weighted by Gasteiger charge is 2.12. The van der Waals surface area contributed by atoms with E-state index in [9.17, 15) is 5.11 Å². The summed E-state index contributed by atoms with van der Waals surface area (Å²) in [6.07, 6.45) is 3.85. The lowest BCUT2D eigenvalue weighted by atomic mass is 10.1. The van der Waals surface area contributed by atoms with Gasteiger partial charge >= 0.3 is 0 Å². The SMILES string of the molecule is CCCN(CCCNc1ccnc2cc(Cl)ccc12)Cc1cccc(OC)c1O. The fraction of sp³-hybridized carbons (Fsp3) is 0.348. The number of phenols is 1. The molecule has 0 amide bonds. The molecule has 0 aliphatic heterocycles. The minimum absolute atomic E-state index is 0.233. The number of fused-ring (bicyclic) bond motifs is 1. The maximum absolute atomic E-state index is 10.4. The number of rotatable bonds is 10. The lowest BCUT2D eigenvalue weighted by Crippen LogP contribution is -2.26. The summed E-state index contributed by atoms with van der Waals surface area (Å²) in [5.41, 5.74) is 2.85. The van der Waals surface area contributed by atoms with Crippen LogP contribution in [0.15, 0.2) is 48.7 Å². The van der Waals surface area contributed by atoms with Gasteiger partial charge < -0.3 is 15.2 Å². The number of aromatic hydroxyl groups is 1. The van der Waals surface area contributed by atoms with Gasteiger partial charge in [0.15, 0.2) is 11.5 Å². The fourth-order valence-corrected chi connectivity index (χ4v) is 3.65. The number of phenolic OH excluding ortho intramolecular Hbond substituents is 1. The molecule has 29 heavy (non-hydrogen) atoms.